The minimum atomic E-state index is 0.401. The molecule has 2 rings (SSSR count). The first-order valence-corrected chi connectivity index (χ1v) is 5.49. The summed E-state index contributed by atoms with van der Waals surface area (Å²) in [6, 6.07) is 1.49. The highest BCUT2D eigenvalue weighted by molar-refractivity contribution is 5.00. The maximum absolute atomic E-state index is 3.63. The van der Waals surface area contributed by atoms with Crippen LogP contribution in [-0.4, -0.2) is 24.1 Å². The minimum Gasteiger partial charge on any atom is -0.251 e. The van der Waals surface area contributed by atoms with Gasteiger partial charge in [0.05, 0.1) is 0 Å². The Hall–Kier alpha value is -0.0800. The molecule has 76 valence electrons. The standard InChI is InChI=1S/C11H22N2/c1-11(2,3)10-8-6-5-7-9(8)13(4)12-10/h8-10,12H,5-7H2,1-4H3. The summed E-state index contributed by atoms with van der Waals surface area (Å²) >= 11 is 0. The molecule has 3 unspecified atom stereocenters. The number of hydrogen-bond donors (Lipinski definition) is 1. The van der Waals surface area contributed by atoms with E-state index in [0.717, 1.165) is 12.0 Å². The molecule has 1 saturated heterocycles. The summed E-state index contributed by atoms with van der Waals surface area (Å²) in [6.45, 7) is 7.04. The van der Waals surface area contributed by atoms with Gasteiger partial charge in [-0.2, -0.15) is 0 Å². The van der Waals surface area contributed by atoms with Crippen LogP contribution >= 0.6 is 0 Å². The Morgan fingerprint density at radius 1 is 1.23 bits per heavy atom. The normalized spacial score (nSPS) is 41.1. The lowest BCUT2D eigenvalue weighted by atomic mass is 9.78. The molecule has 0 aromatic rings. The van der Waals surface area contributed by atoms with Crippen LogP contribution in [0.4, 0.5) is 0 Å². The van der Waals surface area contributed by atoms with Crippen molar-refractivity contribution < 1.29 is 0 Å². The fraction of sp³-hybridized carbons (Fsp3) is 1.00. The molecule has 2 aliphatic rings. The molecular formula is C11H22N2. The Bertz CT molecular complexity index is 195. The highest BCUT2D eigenvalue weighted by Crippen LogP contribution is 2.41. The van der Waals surface area contributed by atoms with Crippen LogP contribution in [0.3, 0.4) is 0 Å². The lowest BCUT2D eigenvalue weighted by molar-refractivity contribution is 0.183. The highest BCUT2D eigenvalue weighted by Gasteiger charge is 2.46. The summed E-state index contributed by atoms with van der Waals surface area (Å²) in [5.74, 6) is 0.894. The van der Waals surface area contributed by atoms with Gasteiger partial charge in [0.2, 0.25) is 0 Å². The van der Waals surface area contributed by atoms with Gasteiger partial charge in [-0.15, -0.1) is 0 Å². The average Bonchev–Trinajstić information content (AvgIpc) is 2.51. The Balaban J connectivity index is 2.15. The average molecular weight is 182 g/mol. The van der Waals surface area contributed by atoms with E-state index in [1.807, 2.05) is 0 Å². The molecule has 1 N–H and O–H groups in total. The van der Waals surface area contributed by atoms with Crippen molar-refractivity contribution in [3.63, 3.8) is 0 Å². The first kappa shape index (κ1) is 9.47. The molecule has 0 amide bonds. The second kappa shape index (κ2) is 2.96. The first-order valence-electron chi connectivity index (χ1n) is 5.49. The number of hydrogen-bond acceptors (Lipinski definition) is 2. The zero-order valence-electron chi connectivity index (χ0n) is 9.30. The third kappa shape index (κ3) is 1.50. The summed E-state index contributed by atoms with van der Waals surface area (Å²) in [6.07, 6.45) is 4.23. The first-order chi connectivity index (χ1) is 6.00. The van der Waals surface area contributed by atoms with Crippen LogP contribution in [0.25, 0.3) is 0 Å². The van der Waals surface area contributed by atoms with Gasteiger partial charge in [-0.05, 0) is 24.2 Å². The quantitative estimate of drug-likeness (QED) is 0.616. The summed E-state index contributed by atoms with van der Waals surface area (Å²) in [5, 5.41) is 2.35. The van der Waals surface area contributed by atoms with E-state index in [0.29, 0.717) is 11.5 Å². The highest BCUT2D eigenvalue weighted by atomic mass is 15.6. The minimum absolute atomic E-state index is 0.401. The topological polar surface area (TPSA) is 15.3 Å². The Morgan fingerprint density at radius 2 is 1.92 bits per heavy atom. The van der Waals surface area contributed by atoms with Gasteiger partial charge in [0.1, 0.15) is 0 Å². The molecule has 13 heavy (non-hydrogen) atoms. The van der Waals surface area contributed by atoms with Crippen molar-refractivity contribution in [1.29, 1.82) is 0 Å². The van der Waals surface area contributed by atoms with Crippen molar-refractivity contribution in [3.05, 3.63) is 0 Å². The molecular weight excluding hydrogens is 160 g/mol. The molecule has 3 atom stereocenters. The van der Waals surface area contributed by atoms with Crippen LogP contribution in [0, 0.1) is 11.3 Å². The fourth-order valence-electron chi connectivity index (χ4n) is 3.09. The molecule has 2 fully saturated rings. The molecule has 1 saturated carbocycles. The summed E-state index contributed by atoms with van der Waals surface area (Å²) in [5.41, 5.74) is 4.03. The number of rotatable bonds is 0. The Morgan fingerprint density at radius 3 is 2.54 bits per heavy atom. The van der Waals surface area contributed by atoms with Crippen molar-refractivity contribution in [2.24, 2.45) is 11.3 Å². The van der Waals surface area contributed by atoms with Gasteiger partial charge in [0.25, 0.3) is 0 Å². The molecule has 0 aromatic heterocycles. The third-order valence-electron chi connectivity index (χ3n) is 3.73. The van der Waals surface area contributed by atoms with Crippen LogP contribution in [-0.2, 0) is 0 Å². The van der Waals surface area contributed by atoms with E-state index in [1.165, 1.54) is 19.3 Å². The molecule has 0 radical (unpaired) electrons. The molecule has 1 heterocycles. The van der Waals surface area contributed by atoms with Gasteiger partial charge in [-0.25, -0.2) is 5.01 Å². The van der Waals surface area contributed by atoms with Gasteiger partial charge < -0.3 is 0 Å². The lowest BCUT2D eigenvalue weighted by Gasteiger charge is -2.31. The third-order valence-corrected chi connectivity index (χ3v) is 3.73. The SMILES string of the molecule is CN1NC(C(C)(C)C)C2CCCC21. The number of nitrogens with one attached hydrogen (secondary N) is 1. The predicted octanol–water partition coefficient (Wildman–Crippen LogP) is 2.02. The van der Waals surface area contributed by atoms with Crippen molar-refractivity contribution >= 4 is 0 Å². The molecule has 0 bridgehead atoms. The van der Waals surface area contributed by atoms with Crippen molar-refractivity contribution in [2.75, 3.05) is 7.05 Å². The summed E-state index contributed by atoms with van der Waals surface area (Å²) in [7, 11) is 2.20. The van der Waals surface area contributed by atoms with E-state index in [1.54, 1.807) is 0 Å². The van der Waals surface area contributed by atoms with Crippen LogP contribution in [0.1, 0.15) is 40.0 Å². The van der Waals surface area contributed by atoms with Gasteiger partial charge in [0, 0.05) is 19.1 Å². The second-order valence-corrected chi connectivity index (χ2v) is 5.75. The van der Waals surface area contributed by atoms with Crippen LogP contribution < -0.4 is 5.43 Å². The molecule has 0 aromatic carbocycles. The van der Waals surface area contributed by atoms with E-state index < -0.39 is 0 Å². The number of fused-ring (bicyclic) bond motifs is 1. The van der Waals surface area contributed by atoms with Gasteiger partial charge in [-0.3, -0.25) is 5.43 Å². The predicted molar refractivity (Wildman–Crippen MR) is 55.3 cm³/mol. The van der Waals surface area contributed by atoms with E-state index in [4.69, 9.17) is 0 Å². The van der Waals surface area contributed by atoms with Gasteiger partial charge >= 0.3 is 0 Å². The Labute approximate surface area is 81.7 Å². The molecule has 1 aliphatic heterocycles. The van der Waals surface area contributed by atoms with Crippen LogP contribution in [0.15, 0.2) is 0 Å². The van der Waals surface area contributed by atoms with Crippen LogP contribution in [0.5, 0.6) is 0 Å². The number of hydrazine groups is 1. The van der Waals surface area contributed by atoms with Crippen molar-refractivity contribution in [3.8, 4) is 0 Å². The van der Waals surface area contributed by atoms with Crippen LogP contribution in [0.2, 0.25) is 0 Å². The van der Waals surface area contributed by atoms with E-state index >= 15 is 0 Å². The van der Waals surface area contributed by atoms with Gasteiger partial charge in [-0.1, -0.05) is 27.2 Å². The monoisotopic (exact) mass is 182 g/mol. The largest absolute Gasteiger partial charge is 0.251 e. The molecule has 0 spiro atoms. The second-order valence-electron chi connectivity index (χ2n) is 5.75. The van der Waals surface area contributed by atoms with Crippen molar-refractivity contribution in [2.45, 2.75) is 52.1 Å². The van der Waals surface area contributed by atoms with E-state index in [-0.39, 0.29) is 0 Å². The summed E-state index contributed by atoms with van der Waals surface area (Å²) < 4.78 is 0. The van der Waals surface area contributed by atoms with Crippen molar-refractivity contribution in [1.82, 2.24) is 10.4 Å². The smallest absolute Gasteiger partial charge is 0.0307 e. The maximum atomic E-state index is 3.63. The zero-order valence-corrected chi connectivity index (χ0v) is 9.30. The fourth-order valence-corrected chi connectivity index (χ4v) is 3.09. The maximum Gasteiger partial charge on any atom is 0.0307 e. The molecule has 2 heteroatoms. The number of nitrogens with zero attached hydrogens (tertiary/aromatic N) is 1. The zero-order chi connectivity index (χ0) is 9.64. The van der Waals surface area contributed by atoms with E-state index in [2.05, 4.69) is 38.3 Å². The molecule has 2 nitrogen and oxygen atoms in total. The Kier molecular flexibility index (Phi) is 2.16. The lowest BCUT2D eigenvalue weighted by Crippen LogP contribution is -2.42. The van der Waals surface area contributed by atoms with Gasteiger partial charge in [0.15, 0.2) is 0 Å². The van der Waals surface area contributed by atoms with E-state index in [9.17, 15) is 0 Å². The summed E-state index contributed by atoms with van der Waals surface area (Å²) in [4.78, 5) is 0. The molecule has 1 aliphatic carbocycles.